The summed E-state index contributed by atoms with van der Waals surface area (Å²) in [5.74, 6) is -1.30. The monoisotopic (exact) mass is 487 g/mol. The number of nitrogens with one attached hydrogen (secondary N) is 2. The Labute approximate surface area is 199 Å². The molecule has 182 valence electrons. The molecular formula is C24H29N3O6S. The van der Waals surface area contributed by atoms with Crippen LogP contribution in [0.5, 0.6) is 0 Å². The summed E-state index contributed by atoms with van der Waals surface area (Å²) in [4.78, 5) is 35.8. The molecule has 1 saturated heterocycles. The minimum absolute atomic E-state index is 0.0711. The third kappa shape index (κ3) is 6.88. The number of ether oxygens (including phenoxy) is 1. The van der Waals surface area contributed by atoms with Gasteiger partial charge in [0.15, 0.2) is 0 Å². The molecule has 0 atom stereocenters. The highest BCUT2D eigenvalue weighted by molar-refractivity contribution is 7.89. The number of methoxy groups -OCH3 is 1. The summed E-state index contributed by atoms with van der Waals surface area (Å²) in [7, 11) is -2.41. The van der Waals surface area contributed by atoms with Crippen LogP contribution in [0.25, 0.3) is 0 Å². The van der Waals surface area contributed by atoms with Gasteiger partial charge in [0.2, 0.25) is 15.9 Å². The number of rotatable bonds is 8. The van der Waals surface area contributed by atoms with E-state index >= 15 is 0 Å². The zero-order chi connectivity index (χ0) is 24.6. The van der Waals surface area contributed by atoms with Crippen LogP contribution in [-0.2, 0) is 30.8 Å². The highest BCUT2D eigenvalue weighted by Crippen LogP contribution is 2.22. The maximum Gasteiger partial charge on any atom is 0.325 e. The van der Waals surface area contributed by atoms with E-state index in [9.17, 15) is 22.8 Å². The first-order valence-electron chi connectivity index (χ1n) is 11.1. The lowest BCUT2D eigenvalue weighted by Crippen LogP contribution is -2.32. The predicted molar refractivity (Wildman–Crippen MR) is 127 cm³/mol. The zero-order valence-corrected chi connectivity index (χ0v) is 19.9. The van der Waals surface area contributed by atoms with Crippen LogP contribution in [0.15, 0.2) is 53.4 Å². The van der Waals surface area contributed by atoms with Crippen molar-refractivity contribution in [2.24, 2.45) is 0 Å². The Hall–Kier alpha value is -3.24. The van der Waals surface area contributed by atoms with Gasteiger partial charge >= 0.3 is 5.97 Å². The van der Waals surface area contributed by atoms with Crippen LogP contribution < -0.4 is 10.6 Å². The van der Waals surface area contributed by atoms with Gasteiger partial charge in [-0.1, -0.05) is 31.0 Å². The molecule has 2 aromatic carbocycles. The Morgan fingerprint density at radius 3 is 2.29 bits per heavy atom. The smallest absolute Gasteiger partial charge is 0.325 e. The van der Waals surface area contributed by atoms with E-state index < -0.39 is 21.9 Å². The van der Waals surface area contributed by atoms with E-state index in [0.29, 0.717) is 24.3 Å². The number of nitrogens with zero attached hydrogens (tertiary/aromatic N) is 1. The number of carbonyl (C=O) groups excluding carboxylic acids is 3. The minimum Gasteiger partial charge on any atom is -0.468 e. The largest absolute Gasteiger partial charge is 0.468 e. The fourth-order valence-electron chi connectivity index (χ4n) is 3.63. The maximum atomic E-state index is 13.0. The quantitative estimate of drug-likeness (QED) is 0.551. The lowest BCUT2D eigenvalue weighted by atomic mass is 10.1. The number of sulfonamides is 1. The highest BCUT2D eigenvalue weighted by atomic mass is 32.2. The summed E-state index contributed by atoms with van der Waals surface area (Å²) >= 11 is 0. The predicted octanol–water partition coefficient (Wildman–Crippen LogP) is 2.34. The van der Waals surface area contributed by atoms with Gasteiger partial charge in [-0.05, 0) is 48.7 Å². The van der Waals surface area contributed by atoms with Crippen LogP contribution in [0.1, 0.15) is 41.6 Å². The Bertz CT molecular complexity index is 1120. The van der Waals surface area contributed by atoms with Gasteiger partial charge in [-0.2, -0.15) is 4.31 Å². The van der Waals surface area contributed by atoms with Crippen LogP contribution >= 0.6 is 0 Å². The minimum atomic E-state index is -3.66. The average molecular weight is 488 g/mol. The van der Waals surface area contributed by atoms with Crippen molar-refractivity contribution < 1.29 is 27.5 Å². The standard InChI is InChI=1S/C24H29N3O6S/c1-33-23(29)17-25-22(28)15-18-9-11-20(12-10-18)26-24(30)19-7-6-8-21(16-19)34(31,32)27-13-4-2-3-5-14-27/h6-12,16H,2-5,13-15,17H2,1H3,(H,25,28)(H,26,30). The van der Waals surface area contributed by atoms with Crippen molar-refractivity contribution in [3.63, 3.8) is 0 Å². The van der Waals surface area contributed by atoms with Gasteiger partial charge in [-0.15, -0.1) is 0 Å². The molecule has 1 fully saturated rings. The molecule has 1 aliphatic heterocycles. The summed E-state index contributed by atoms with van der Waals surface area (Å²) in [6.07, 6.45) is 3.78. The molecule has 0 aromatic heterocycles. The van der Waals surface area contributed by atoms with E-state index in [1.54, 1.807) is 36.4 Å². The van der Waals surface area contributed by atoms with Crippen molar-refractivity contribution in [2.45, 2.75) is 37.0 Å². The lowest BCUT2D eigenvalue weighted by molar-refractivity contribution is -0.141. The van der Waals surface area contributed by atoms with Gasteiger partial charge in [0, 0.05) is 24.3 Å². The van der Waals surface area contributed by atoms with Gasteiger partial charge in [0.1, 0.15) is 6.54 Å². The molecular weight excluding hydrogens is 458 g/mol. The Kier molecular flexibility index (Phi) is 8.78. The van der Waals surface area contributed by atoms with Crippen molar-refractivity contribution in [2.75, 3.05) is 32.1 Å². The molecule has 0 aliphatic carbocycles. The fraction of sp³-hybridized carbons (Fsp3) is 0.375. The number of anilines is 1. The second-order valence-electron chi connectivity index (χ2n) is 8.03. The molecule has 0 spiro atoms. The molecule has 1 heterocycles. The van der Waals surface area contributed by atoms with Crippen molar-refractivity contribution in [1.29, 1.82) is 0 Å². The van der Waals surface area contributed by atoms with Crippen LogP contribution in [-0.4, -0.2) is 57.3 Å². The van der Waals surface area contributed by atoms with Gasteiger partial charge in [-0.25, -0.2) is 8.42 Å². The zero-order valence-electron chi connectivity index (χ0n) is 19.1. The number of esters is 1. The molecule has 0 bridgehead atoms. The highest BCUT2D eigenvalue weighted by Gasteiger charge is 2.25. The van der Waals surface area contributed by atoms with Crippen LogP contribution in [0.2, 0.25) is 0 Å². The van der Waals surface area contributed by atoms with E-state index in [1.807, 2.05) is 0 Å². The van der Waals surface area contributed by atoms with Crippen molar-refractivity contribution in [3.05, 3.63) is 59.7 Å². The molecule has 1 aliphatic rings. The number of hydrogen-bond acceptors (Lipinski definition) is 6. The summed E-state index contributed by atoms with van der Waals surface area (Å²) in [6.45, 7) is 0.785. The molecule has 34 heavy (non-hydrogen) atoms. The van der Waals surface area contributed by atoms with Crippen LogP contribution in [0.3, 0.4) is 0 Å². The molecule has 0 unspecified atom stereocenters. The number of benzene rings is 2. The van der Waals surface area contributed by atoms with E-state index in [0.717, 1.165) is 25.7 Å². The van der Waals surface area contributed by atoms with Gasteiger partial charge in [0.25, 0.3) is 5.91 Å². The van der Waals surface area contributed by atoms with Crippen LogP contribution in [0, 0.1) is 0 Å². The first kappa shape index (κ1) is 25.4. The molecule has 9 nitrogen and oxygen atoms in total. The first-order valence-corrected chi connectivity index (χ1v) is 12.6. The topological polar surface area (TPSA) is 122 Å². The molecule has 0 saturated carbocycles. The molecule has 2 N–H and O–H groups in total. The third-order valence-corrected chi connectivity index (χ3v) is 7.43. The summed E-state index contributed by atoms with van der Waals surface area (Å²) < 4.78 is 32.0. The molecule has 2 aromatic rings. The van der Waals surface area contributed by atoms with Crippen molar-refractivity contribution >= 4 is 33.5 Å². The van der Waals surface area contributed by atoms with E-state index in [2.05, 4.69) is 15.4 Å². The fourth-order valence-corrected chi connectivity index (χ4v) is 5.19. The van der Waals surface area contributed by atoms with Crippen LogP contribution in [0.4, 0.5) is 5.69 Å². The normalized spacial score (nSPS) is 14.6. The van der Waals surface area contributed by atoms with Crippen molar-refractivity contribution in [1.82, 2.24) is 9.62 Å². The third-order valence-electron chi connectivity index (χ3n) is 5.53. The lowest BCUT2D eigenvalue weighted by Gasteiger charge is -2.20. The van der Waals surface area contributed by atoms with Crippen molar-refractivity contribution in [3.8, 4) is 0 Å². The summed E-state index contributed by atoms with van der Waals surface area (Å²) in [6, 6.07) is 12.7. The summed E-state index contributed by atoms with van der Waals surface area (Å²) in [5, 5.41) is 5.20. The second kappa shape index (κ2) is 11.8. The van der Waals surface area contributed by atoms with Gasteiger partial charge < -0.3 is 15.4 Å². The first-order chi connectivity index (χ1) is 16.3. The van der Waals surface area contributed by atoms with E-state index in [-0.39, 0.29) is 29.3 Å². The second-order valence-corrected chi connectivity index (χ2v) is 9.96. The Morgan fingerprint density at radius 2 is 1.65 bits per heavy atom. The van der Waals surface area contributed by atoms with Gasteiger partial charge in [0.05, 0.1) is 18.4 Å². The SMILES string of the molecule is COC(=O)CNC(=O)Cc1ccc(NC(=O)c2cccc(S(=O)(=O)N3CCCCCC3)c2)cc1. The van der Waals surface area contributed by atoms with Gasteiger partial charge in [-0.3, -0.25) is 14.4 Å². The average Bonchev–Trinajstić information content (AvgIpc) is 3.14. The number of amides is 2. The maximum absolute atomic E-state index is 13.0. The summed E-state index contributed by atoms with van der Waals surface area (Å²) in [5.41, 5.74) is 1.44. The Balaban J connectivity index is 1.62. The number of hydrogen-bond donors (Lipinski definition) is 2. The number of carbonyl (C=O) groups is 3. The molecule has 10 heteroatoms. The molecule has 0 radical (unpaired) electrons. The van der Waals surface area contributed by atoms with E-state index in [4.69, 9.17) is 0 Å². The molecule has 3 rings (SSSR count). The van der Waals surface area contributed by atoms with E-state index in [1.165, 1.54) is 23.5 Å². The molecule has 2 amide bonds. The Morgan fingerprint density at radius 1 is 0.971 bits per heavy atom.